The minimum Gasteiger partial charge on any atom is -0.466 e. The van der Waals surface area contributed by atoms with E-state index in [0.29, 0.717) is 26.0 Å². The maximum Gasteiger partial charge on any atom is 0.306 e. The van der Waals surface area contributed by atoms with Gasteiger partial charge in [0.25, 0.3) is 0 Å². The molecule has 0 aromatic heterocycles. The summed E-state index contributed by atoms with van der Waals surface area (Å²) in [6.07, 6.45) is 32.8. The molecule has 0 fully saturated rings. The van der Waals surface area contributed by atoms with Crippen molar-refractivity contribution in [2.75, 3.05) is 32.8 Å². The highest BCUT2D eigenvalue weighted by Gasteiger charge is 2.14. The lowest BCUT2D eigenvalue weighted by atomic mass is 10.0. The summed E-state index contributed by atoms with van der Waals surface area (Å²) in [5.41, 5.74) is 0. The van der Waals surface area contributed by atoms with Crippen LogP contribution in [0.3, 0.4) is 0 Å². The molecule has 0 atom stereocenters. The Morgan fingerprint density at radius 1 is 0.532 bits per heavy atom. The van der Waals surface area contributed by atoms with Gasteiger partial charge in [-0.1, -0.05) is 136 Å². The minimum atomic E-state index is -0.0313. The number of esters is 2. The molecule has 0 saturated carbocycles. The highest BCUT2D eigenvalue weighted by Crippen LogP contribution is 2.17. The fourth-order valence-corrected chi connectivity index (χ4v) is 6.22. The van der Waals surface area contributed by atoms with Crippen molar-refractivity contribution in [3.8, 4) is 0 Å². The summed E-state index contributed by atoms with van der Waals surface area (Å²) in [7, 11) is 0. The van der Waals surface area contributed by atoms with Crippen molar-refractivity contribution in [1.29, 1.82) is 0 Å². The Hall–Kier alpha value is -1.61. The molecule has 0 spiro atoms. The molecule has 0 amide bonds. The van der Waals surface area contributed by atoms with E-state index in [-0.39, 0.29) is 18.0 Å². The summed E-state index contributed by atoms with van der Waals surface area (Å²) < 4.78 is 11.3. The molecule has 6 heteroatoms. The normalized spacial score (nSPS) is 11.3. The molecule has 47 heavy (non-hydrogen) atoms. The van der Waals surface area contributed by atoms with Crippen molar-refractivity contribution in [2.24, 2.45) is 0 Å². The fraction of sp³-hybridized carbons (Fsp3) is 0.927. The molecule has 0 saturated heterocycles. The Bertz CT molecular complexity index is 711. The van der Waals surface area contributed by atoms with Crippen LogP contribution in [-0.2, 0) is 19.1 Å². The molecule has 276 valence electrons. The standard InChI is InChI=1S/C41H78N2O4/c1-5-8-11-14-15-22-29-38-46-40(44)32-25-18-16-20-27-35-43(37-34-42-4)36-28-21-17-19-26-33-41(45)47-39(30-23-12-9-6-2)31-24-13-10-7-3/h39H,5-38H2,1-3H3. The van der Waals surface area contributed by atoms with Crippen LogP contribution >= 0.6 is 0 Å². The maximum absolute atomic E-state index is 12.5. The van der Waals surface area contributed by atoms with Gasteiger partial charge in [-0.2, -0.15) is 0 Å². The SMILES string of the molecule is [C-]#[N+]CCN(CCCCCCCC(=O)OCCCCCCCCC)CCCCCCCC(=O)OC(CCCCCC)CCCCCC. The van der Waals surface area contributed by atoms with Crippen LogP contribution in [0.2, 0.25) is 0 Å². The monoisotopic (exact) mass is 663 g/mol. The molecule has 0 aromatic rings. The zero-order chi connectivity index (χ0) is 34.5. The molecular formula is C41H78N2O4. The van der Waals surface area contributed by atoms with Gasteiger partial charge < -0.3 is 14.3 Å². The largest absolute Gasteiger partial charge is 0.466 e. The van der Waals surface area contributed by atoms with Gasteiger partial charge in [0.1, 0.15) is 6.10 Å². The van der Waals surface area contributed by atoms with Gasteiger partial charge in [0.15, 0.2) is 0 Å². The lowest BCUT2D eigenvalue weighted by Gasteiger charge is -2.20. The van der Waals surface area contributed by atoms with Crippen molar-refractivity contribution in [2.45, 2.75) is 213 Å². The molecule has 0 bridgehead atoms. The van der Waals surface area contributed by atoms with E-state index in [9.17, 15) is 9.59 Å². The summed E-state index contributed by atoms with van der Waals surface area (Å²) >= 11 is 0. The van der Waals surface area contributed by atoms with Crippen LogP contribution in [0, 0.1) is 6.57 Å². The number of hydrogen-bond acceptors (Lipinski definition) is 5. The van der Waals surface area contributed by atoms with Crippen LogP contribution in [0.15, 0.2) is 0 Å². The van der Waals surface area contributed by atoms with Gasteiger partial charge in [0, 0.05) is 12.8 Å². The number of carbonyl (C=O) groups excluding carboxylic acids is 2. The number of hydrogen-bond donors (Lipinski definition) is 0. The average molecular weight is 663 g/mol. The van der Waals surface area contributed by atoms with Gasteiger partial charge in [0.2, 0.25) is 6.54 Å². The zero-order valence-electron chi connectivity index (χ0n) is 31.6. The van der Waals surface area contributed by atoms with E-state index in [0.717, 1.165) is 90.3 Å². The second kappa shape index (κ2) is 37.2. The molecular weight excluding hydrogens is 584 g/mol. The molecule has 0 aliphatic rings. The van der Waals surface area contributed by atoms with Gasteiger partial charge in [-0.3, -0.25) is 14.5 Å². The van der Waals surface area contributed by atoms with E-state index in [2.05, 4.69) is 30.5 Å². The Kier molecular flexibility index (Phi) is 35.9. The topological polar surface area (TPSA) is 60.2 Å². The first-order chi connectivity index (χ1) is 23.1. The summed E-state index contributed by atoms with van der Waals surface area (Å²) in [5.74, 6) is -0.0266. The molecule has 0 unspecified atom stereocenters. The fourth-order valence-electron chi connectivity index (χ4n) is 6.22. The molecule has 0 N–H and O–H groups in total. The summed E-state index contributed by atoms with van der Waals surface area (Å²) in [5, 5.41) is 0. The van der Waals surface area contributed by atoms with Gasteiger partial charge in [-0.15, -0.1) is 0 Å². The van der Waals surface area contributed by atoms with Gasteiger partial charge in [0.05, 0.1) is 13.2 Å². The Morgan fingerprint density at radius 2 is 0.957 bits per heavy atom. The highest BCUT2D eigenvalue weighted by molar-refractivity contribution is 5.69. The molecule has 6 nitrogen and oxygen atoms in total. The number of nitrogens with zero attached hydrogens (tertiary/aromatic N) is 2. The lowest BCUT2D eigenvalue weighted by molar-refractivity contribution is -0.150. The van der Waals surface area contributed by atoms with Crippen molar-refractivity contribution in [3.05, 3.63) is 11.4 Å². The molecule has 0 aromatic carbocycles. The number of carbonyl (C=O) groups is 2. The van der Waals surface area contributed by atoms with Gasteiger partial charge in [-0.25, -0.2) is 6.57 Å². The molecule has 0 aliphatic heterocycles. The van der Waals surface area contributed by atoms with Crippen LogP contribution in [0.5, 0.6) is 0 Å². The third-order valence-corrected chi connectivity index (χ3v) is 9.31. The smallest absolute Gasteiger partial charge is 0.306 e. The predicted octanol–water partition coefficient (Wildman–Crippen LogP) is 12.0. The van der Waals surface area contributed by atoms with E-state index in [4.69, 9.17) is 16.0 Å². The van der Waals surface area contributed by atoms with E-state index in [1.54, 1.807) is 0 Å². The van der Waals surface area contributed by atoms with E-state index >= 15 is 0 Å². The molecule has 0 rings (SSSR count). The quantitative estimate of drug-likeness (QED) is 0.0376. The van der Waals surface area contributed by atoms with Crippen molar-refractivity contribution in [1.82, 2.24) is 4.90 Å². The molecule has 0 heterocycles. The maximum atomic E-state index is 12.5. The first-order valence-corrected chi connectivity index (χ1v) is 20.5. The number of ether oxygens (including phenoxy) is 2. The Balaban J connectivity index is 3.93. The van der Waals surface area contributed by atoms with Crippen LogP contribution in [0.1, 0.15) is 207 Å². The van der Waals surface area contributed by atoms with Gasteiger partial charge in [-0.05, 0) is 70.9 Å². The highest BCUT2D eigenvalue weighted by atomic mass is 16.5. The van der Waals surface area contributed by atoms with E-state index in [1.165, 1.54) is 103 Å². The van der Waals surface area contributed by atoms with Crippen molar-refractivity contribution < 1.29 is 19.1 Å². The first-order valence-electron chi connectivity index (χ1n) is 20.5. The zero-order valence-corrected chi connectivity index (χ0v) is 31.6. The Labute approximate surface area is 292 Å². The second-order valence-electron chi connectivity index (χ2n) is 13.9. The summed E-state index contributed by atoms with van der Waals surface area (Å²) in [6, 6.07) is 0. The Morgan fingerprint density at radius 3 is 1.47 bits per heavy atom. The lowest BCUT2D eigenvalue weighted by Crippen LogP contribution is -2.28. The summed E-state index contributed by atoms with van der Waals surface area (Å²) in [6.45, 7) is 18.0. The van der Waals surface area contributed by atoms with Crippen LogP contribution < -0.4 is 0 Å². The van der Waals surface area contributed by atoms with E-state index in [1.807, 2.05) is 0 Å². The van der Waals surface area contributed by atoms with Crippen LogP contribution in [0.25, 0.3) is 4.85 Å². The third-order valence-electron chi connectivity index (χ3n) is 9.31. The average Bonchev–Trinajstić information content (AvgIpc) is 3.07. The second-order valence-corrected chi connectivity index (χ2v) is 13.9. The summed E-state index contributed by atoms with van der Waals surface area (Å²) in [4.78, 5) is 30.5. The molecule has 0 aliphatic carbocycles. The predicted molar refractivity (Wildman–Crippen MR) is 200 cm³/mol. The van der Waals surface area contributed by atoms with Crippen molar-refractivity contribution >= 4 is 11.9 Å². The first kappa shape index (κ1) is 45.4. The van der Waals surface area contributed by atoms with E-state index < -0.39 is 0 Å². The van der Waals surface area contributed by atoms with Crippen LogP contribution in [0.4, 0.5) is 0 Å². The minimum absolute atomic E-state index is 0.00466. The number of unbranched alkanes of at least 4 members (excludes halogenated alkanes) is 20. The number of rotatable bonds is 37. The van der Waals surface area contributed by atoms with Crippen molar-refractivity contribution in [3.63, 3.8) is 0 Å². The van der Waals surface area contributed by atoms with Crippen LogP contribution in [-0.4, -0.2) is 55.7 Å². The third kappa shape index (κ3) is 34.1. The molecule has 0 radical (unpaired) electrons. The van der Waals surface area contributed by atoms with Gasteiger partial charge >= 0.3 is 11.9 Å².